The standard InChI is InChI=1S/C13H12N2O5S/c1-20-13(17)9-4-2-3-5-10(9)15-21(18,19)12-8-14-7-6-11(12)16/h2-8,15H,1H3,(H,14,16). The molecule has 0 aliphatic rings. The maximum atomic E-state index is 12.2. The van der Waals surface area contributed by atoms with Crippen molar-refractivity contribution in [2.75, 3.05) is 11.8 Å². The number of carbonyl (C=O) groups excluding carboxylic acids is 1. The van der Waals surface area contributed by atoms with Gasteiger partial charge in [0.15, 0.2) is 4.90 Å². The zero-order valence-electron chi connectivity index (χ0n) is 11.0. The van der Waals surface area contributed by atoms with E-state index in [0.717, 1.165) is 12.3 Å². The number of methoxy groups -OCH3 is 1. The topological polar surface area (TPSA) is 105 Å². The molecule has 0 saturated carbocycles. The van der Waals surface area contributed by atoms with E-state index in [4.69, 9.17) is 0 Å². The average Bonchev–Trinajstić information content (AvgIpc) is 2.47. The van der Waals surface area contributed by atoms with Crippen LogP contribution in [0.4, 0.5) is 5.69 Å². The second-order valence-electron chi connectivity index (χ2n) is 4.02. The number of aromatic amines is 1. The van der Waals surface area contributed by atoms with Crippen LogP contribution in [-0.2, 0) is 14.8 Å². The Balaban J connectivity index is 2.45. The summed E-state index contributed by atoms with van der Waals surface area (Å²) in [6, 6.07) is 7.04. The summed E-state index contributed by atoms with van der Waals surface area (Å²) in [5, 5.41) is 0. The van der Waals surface area contributed by atoms with Crippen LogP contribution in [0.25, 0.3) is 0 Å². The highest BCUT2D eigenvalue weighted by atomic mass is 32.2. The highest BCUT2D eigenvalue weighted by Gasteiger charge is 2.21. The van der Waals surface area contributed by atoms with Gasteiger partial charge in [-0.1, -0.05) is 12.1 Å². The molecule has 8 heteroatoms. The number of nitrogens with one attached hydrogen (secondary N) is 2. The summed E-state index contributed by atoms with van der Waals surface area (Å²) in [4.78, 5) is 25.3. The highest BCUT2D eigenvalue weighted by molar-refractivity contribution is 7.92. The quantitative estimate of drug-likeness (QED) is 0.819. The van der Waals surface area contributed by atoms with Gasteiger partial charge < -0.3 is 9.72 Å². The Morgan fingerprint density at radius 2 is 1.95 bits per heavy atom. The van der Waals surface area contributed by atoms with E-state index in [1.54, 1.807) is 12.1 Å². The fourth-order valence-electron chi connectivity index (χ4n) is 1.67. The first kappa shape index (κ1) is 14.8. The van der Waals surface area contributed by atoms with Gasteiger partial charge in [-0.15, -0.1) is 0 Å². The van der Waals surface area contributed by atoms with Gasteiger partial charge in [-0.25, -0.2) is 13.2 Å². The molecule has 0 spiro atoms. The molecule has 1 aromatic heterocycles. The minimum atomic E-state index is -4.11. The predicted molar refractivity (Wildman–Crippen MR) is 75.7 cm³/mol. The zero-order chi connectivity index (χ0) is 15.5. The normalized spacial score (nSPS) is 10.9. The van der Waals surface area contributed by atoms with Gasteiger partial charge in [-0.2, -0.15) is 0 Å². The third kappa shape index (κ3) is 3.11. The minimum absolute atomic E-state index is 0.0348. The summed E-state index contributed by atoms with van der Waals surface area (Å²) in [6.45, 7) is 0. The molecule has 0 amide bonds. The fourth-order valence-corrected chi connectivity index (χ4v) is 2.80. The van der Waals surface area contributed by atoms with E-state index >= 15 is 0 Å². The number of ether oxygens (including phenoxy) is 1. The molecule has 7 nitrogen and oxygen atoms in total. The van der Waals surface area contributed by atoms with Crippen LogP contribution in [0.3, 0.4) is 0 Å². The van der Waals surface area contributed by atoms with Crippen LogP contribution in [0.2, 0.25) is 0 Å². The van der Waals surface area contributed by atoms with Crippen molar-refractivity contribution < 1.29 is 17.9 Å². The van der Waals surface area contributed by atoms with Crippen LogP contribution in [0, 0.1) is 0 Å². The molecule has 1 aromatic carbocycles. The summed E-state index contributed by atoms with van der Waals surface area (Å²) in [5.41, 5.74) is -0.569. The van der Waals surface area contributed by atoms with Crippen molar-refractivity contribution >= 4 is 21.7 Å². The fraction of sp³-hybridized carbons (Fsp3) is 0.0769. The molecule has 0 aliphatic carbocycles. The molecule has 2 N–H and O–H groups in total. The summed E-state index contributed by atoms with van der Waals surface area (Å²) in [5.74, 6) is -0.685. The Kier molecular flexibility index (Phi) is 4.08. The molecule has 0 radical (unpaired) electrons. The van der Waals surface area contributed by atoms with Crippen LogP contribution in [0.5, 0.6) is 0 Å². The number of sulfonamides is 1. The van der Waals surface area contributed by atoms with Gasteiger partial charge in [0.25, 0.3) is 10.0 Å². The molecule has 0 saturated heterocycles. The van der Waals surface area contributed by atoms with Gasteiger partial charge in [0.1, 0.15) is 0 Å². The lowest BCUT2D eigenvalue weighted by molar-refractivity contribution is 0.0602. The van der Waals surface area contributed by atoms with Crippen molar-refractivity contribution in [2.45, 2.75) is 4.90 Å². The molecule has 0 unspecified atom stereocenters. The van der Waals surface area contributed by atoms with Crippen LogP contribution >= 0.6 is 0 Å². The van der Waals surface area contributed by atoms with E-state index in [2.05, 4.69) is 14.4 Å². The van der Waals surface area contributed by atoms with Gasteiger partial charge in [0.2, 0.25) is 5.43 Å². The molecule has 0 fully saturated rings. The van der Waals surface area contributed by atoms with Crippen LogP contribution < -0.4 is 10.2 Å². The number of rotatable bonds is 4. The Hall–Kier alpha value is -2.61. The number of para-hydroxylation sites is 1. The highest BCUT2D eigenvalue weighted by Crippen LogP contribution is 2.19. The Morgan fingerprint density at radius 3 is 2.62 bits per heavy atom. The largest absolute Gasteiger partial charge is 0.465 e. The molecule has 2 rings (SSSR count). The second-order valence-corrected chi connectivity index (χ2v) is 5.67. The third-order valence-electron chi connectivity index (χ3n) is 2.65. The molecule has 110 valence electrons. The summed E-state index contributed by atoms with van der Waals surface area (Å²) >= 11 is 0. The number of pyridine rings is 1. The van der Waals surface area contributed by atoms with E-state index in [0.29, 0.717) is 0 Å². The van der Waals surface area contributed by atoms with E-state index in [9.17, 15) is 18.0 Å². The number of hydrogen-bond donors (Lipinski definition) is 2. The molecule has 0 atom stereocenters. The van der Waals surface area contributed by atoms with Gasteiger partial charge in [0.05, 0.1) is 18.4 Å². The number of hydrogen-bond acceptors (Lipinski definition) is 5. The maximum absolute atomic E-state index is 12.2. The van der Waals surface area contributed by atoms with Gasteiger partial charge in [-0.3, -0.25) is 9.52 Å². The molecule has 21 heavy (non-hydrogen) atoms. The van der Waals surface area contributed by atoms with E-state index in [-0.39, 0.29) is 11.3 Å². The first-order chi connectivity index (χ1) is 9.95. The number of benzene rings is 1. The number of H-pyrrole nitrogens is 1. The lowest BCUT2D eigenvalue weighted by Gasteiger charge is -2.10. The number of carbonyl (C=O) groups is 1. The predicted octanol–water partition coefficient (Wildman–Crippen LogP) is 0.962. The van der Waals surface area contributed by atoms with Crippen molar-refractivity contribution in [2.24, 2.45) is 0 Å². The van der Waals surface area contributed by atoms with Crippen LogP contribution in [0.1, 0.15) is 10.4 Å². The van der Waals surface area contributed by atoms with Crippen LogP contribution in [0.15, 0.2) is 52.4 Å². The lowest BCUT2D eigenvalue weighted by Crippen LogP contribution is -2.22. The molecular weight excluding hydrogens is 296 g/mol. The van der Waals surface area contributed by atoms with E-state index in [1.807, 2.05) is 0 Å². The Bertz CT molecular complexity index is 826. The second kappa shape index (κ2) is 5.80. The molecule has 0 bridgehead atoms. The molecule has 2 aromatic rings. The maximum Gasteiger partial charge on any atom is 0.339 e. The Labute approximate surface area is 120 Å². The average molecular weight is 308 g/mol. The minimum Gasteiger partial charge on any atom is -0.465 e. The van der Waals surface area contributed by atoms with Gasteiger partial charge in [0, 0.05) is 18.5 Å². The number of aromatic nitrogens is 1. The molecule has 1 heterocycles. The van der Waals surface area contributed by atoms with Crippen molar-refractivity contribution in [1.29, 1.82) is 0 Å². The van der Waals surface area contributed by atoms with Gasteiger partial charge in [-0.05, 0) is 12.1 Å². The Morgan fingerprint density at radius 1 is 1.24 bits per heavy atom. The smallest absolute Gasteiger partial charge is 0.339 e. The number of esters is 1. The van der Waals surface area contributed by atoms with Crippen molar-refractivity contribution in [3.05, 3.63) is 58.5 Å². The summed E-state index contributed by atoms with van der Waals surface area (Å²) in [7, 11) is -2.92. The first-order valence-electron chi connectivity index (χ1n) is 5.83. The van der Waals surface area contributed by atoms with E-state index < -0.39 is 26.3 Å². The molecule has 0 aliphatic heterocycles. The van der Waals surface area contributed by atoms with E-state index in [1.165, 1.54) is 25.4 Å². The van der Waals surface area contributed by atoms with Crippen molar-refractivity contribution in [3.63, 3.8) is 0 Å². The van der Waals surface area contributed by atoms with Crippen molar-refractivity contribution in [3.8, 4) is 0 Å². The molecular formula is C13H12N2O5S. The summed E-state index contributed by atoms with van der Waals surface area (Å²) in [6.07, 6.45) is 2.40. The first-order valence-corrected chi connectivity index (χ1v) is 7.31. The summed E-state index contributed by atoms with van der Waals surface area (Å²) < 4.78 is 31.2. The van der Waals surface area contributed by atoms with Crippen LogP contribution in [-0.4, -0.2) is 26.5 Å². The van der Waals surface area contributed by atoms with Crippen molar-refractivity contribution in [1.82, 2.24) is 4.98 Å². The number of anilines is 1. The SMILES string of the molecule is COC(=O)c1ccccc1NS(=O)(=O)c1c[nH]ccc1=O. The lowest BCUT2D eigenvalue weighted by atomic mass is 10.2. The monoisotopic (exact) mass is 308 g/mol. The van der Waals surface area contributed by atoms with Gasteiger partial charge >= 0.3 is 5.97 Å². The third-order valence-corrected chi connectivity index (χ3v) is 4.04. The zero-order valence-corrected chi connectivity index (χ0v) is 11.8.